The molecule has 1 aliphatic rings. The molecule has 1 heterocycles. The molecule has 0 aromatic heterocycles. The number of amides is 1. The second-order valence-electron chi connectivity index (χ2n) is 6.73. The first-order chi connectivity index (χ1) is 12.0. The highest BCUT2D eigenvalue weighted by Crippen LogP contribution is 2.35. The Labute approximate surface area is 153 Å². The van der Waals surface area contributed by atoms with Crippen LogP contribution in [-0.2, 0) is 4.79 Å². The van der Waals surface area contributed by atoms with E-state index in [1.54, 1.807) is 0 Å². The molecule has 0 saturated heterocycles. The maximum absolute atomic E-state index is 12.7. The van der Waals surface area contributed by atoms with Gasteiger partial charge in [0, 0.05) is 11.6 Å². The molecule has 0 unspecified atom stereocenters. The van der Waals surface area contributed by atoms with Crippen molar-refractivity contribution in [1.82, 2.24) is 0 Å². The third-order valence-electron chi connectivity index (χ3n) is 4.28. The molecule has 1 aliphatic heterocycles. The fourth-order valence-corrected chi connectivity index (χ4v) is 3.09. The lowest BCUT2D eigenvalue weighted by Gasteiger charge is -2.40. The number of benzene rings is 2. The van der Waals surface area contributed by atoms with Gasteiger partial charge < -0.3 is 15.0 Å². The van der Waals surface area contributed by atoms with Crippen LogP contribution in [0.25, 0.3) is 0 Å². The van der Waals surface area contributed by atoms with E-state index in [4.69, 9.17) is 16.3 Å². The van der Waals surface area contributed by atoms with E-state index in [1.807, 2.05) is 67.3 Å². The Morgan fingerprint density at radius 3 is 2.56 bits per heavy atom. The number of para-hydroxylation sites is 2. The molecule has 3 rings (SSSR count). The summed E-state index contributed by atoms with van der Waals surface area (Å²) < 4.78 is 5.71. The van der Waals surface area contributed by atoms with E-state index < -0.39 is 5.54 Å². The van der Waals surface area contributed by atoms with Crippen molar-refractivity contribution in [3.8, 4) is 5.75 Å². The Bertz CT molecular complexity index is 744. The summed E-state index contributed by atoms with van der Waals surface area (Å²) >= 11 is 5.86. The Morgan fingerprint density at radius 2 is 1.80 bits per heavy atom. The van der Waals surface area contributed by atoms with Gasteiger partial charge in [-0.05, 0) is 63.1 Å². The van der Waals surface area contributed by atoms with Gasteiger partial charge in [0.05, 0.1) is 18.0 Å². The van der Waals surface area contributed by atoms with Crippen molar-refractivity contribution in [1.29, 1.82) is 0 Å². The number of rotatable bonds is 6. The standard InChI is InChI=1S/C20H23ClN2O2/c1-20(2)19(24)23(18-8-4-3-7-17(18)22-20)13-5-6-14-25-16-11-9-15(21)10-12-16/h3-4,7-12,22H,5-6,13-14H2,1-2H3. The van der Waals surface area contributed by atoms with Gasteiger partial charge in [-0.3, -0.25) is 4.79 Å². The van der Waals surface area contributed by atoms with Gasteiger partial charge in [-0.2, -0.15) is 0 Å². The summed E-state index contributed by atoms with van der Waals surface area (Å²) in [6.07, 6.45) is 1.76. The average molecular weight is 359 g/mol. The number of unbranched alkanes of at least 4 members (excludes halogenated alkanes) is 1. The smallest absolute Gasteiger partial charge is 0.252 e. The fourth-order valence-electron chi connectivity index (χ4n) is 2.97. The molecule has 1 amide bonds. The van der Waals surface area contributed by atoms with Crippen LogP contribution in [0.3, 0.4) is 0 Å². The number of halogens is 1. The molecule has 1 N–H and O–H groups in total. The predicted molar refractivity (Wildman–Crippen MR) is 103 cm³/mol. The van der Waals surface area contributed by atoms with Crippen molar-refractivity contribution in [3.05, 3.63) is 53.6 Å². The first kappa shape index (κ1) is 17.6. The molecular formula is C20H23ClN2O2. The van der Waals surface area contributed by atoms with Gasteiger partial charge in [0.25, 0.3) is 5.91 Å². The lowest BCUT2D eigenvalue weighted by atomic mass is 9.98. The number of anilines is 2. The van der Waals surface area contributed by atoms with Gasteiger partial charge >= 0.3 is 0 Å². The minimum absolute atomic E-state index is 0.102. The van der Waals surface area contributed by atoms with Crippen LogP contribution in [0.1, 0.15) is 26.7 Å². The molecule has 0 spiro atoms. The van der Waals surface area contributed by atoms with Crippen molar-refractivity contribution < 1.29 is 9.53 Å². The first-order valence-corrected chi connectivity index (χ1v) is 8.93. The van der Waals surface area contributed by atoms with Crippen molar-refractivity contribution >= 4 is 28.9 Å². The highest BCUT2D eigenvalue weighted by molar-refractivity contribution is 6.30. The van der Waals surface area contributed by atoms with Crippen LogP contribution >= 0.6 is 11.6 Å². The normalized spacial score (nSPS) is 15.5. The summed E-state index contributed by atoms with van der Waals surface area (Å²) in [7, 11) is 0. The minimum atomic E-state index is -0.589. The number of carbonyl (C=O) groups excluding carboxylic acids is 1. The SMILES string of the molecule is CC1(C)Nc2ccccc2N(CCCCOc2ccc(Cl)cc2)C1=O. The lowest BCUT2D eigenvalue weighted by molar-refractivity contribution is -0.122. The first-order valence-electron chi connectivity index (χ1n) is 8.55. The zero-order valence-corrected chi connectivity index (χ0v) is 15.3. The van der Waals surface area contributed by atoms with E-state index in [2.05, 4.69) is 5.32 Å². The second kappa shape index (κ2) is 7.36. The fraction of sp³-hybridized carbons (Fsp3) is 0.350. The van der Waals surface area contributed by atoms with Crippen LogP contribution in [0, 0.1) is 0 Å². The molecule has 25 heavy (non-hydrogen) atoms. The van der Waals surface area contributed by atoms with Gasteiger partial charge in [-0.25, -0.2) is 0 Å². The highest BCUT2D eigenvalue weighted by Gasteiger charge is 2.37. The molecule has 0 atom stereocenters. The summed E-state index contributed by atoms with van der Waals surface area (Å²) in [4.78, 5) is 14.6. The highest BCUT2D eigenvalue weighted by atomic mass is 35.5. The summed E-state index contributed by atoms with van der Waals surface area (Å²) in [6.45, 7) is 5.14. The number of fused-ring (bicyclic) bond motifs is 1. The monoisotopic (exact) mass is 358 g/mol. The zero-order chi connectivity index (χ0) is 17.9. The van der Waals surface area contributed by atoms with E-state index in [9.17, 15) is 4.79 Å². The van der Waals surface area contributed by atoms with E-state index in [0.29, 0.717) is 18.2 Å². The lowest BCUT2D eigenvalue weighted by Crippen LogP contribution is -2.54. The van der Waals surface area contributed by atoms with Crippen LogP contribution < -0.4 is 15.0 Å². The second-order valence-corrected chi connectivity index (χ2v) is 7.17. The van der Waals surface area contributed by atoms with Crippen LogP contribution in [0.2, 0.25) is 5.02 Å². The minimum Gasteiger partial charge on any atom is -0.494 e. The largest absolute Gasteiger partial charge is 0.494 e. The van der Waals surface area contributed by atoms with Crippen LogP contribution in [-0.4, -0.2) is 24.6 Å². The number of ether oxygens (including phenoxy) is 1. The molecule has 5 heteroatoms. The number of carbonyl (C=O) groups is 1. The Morgan fingerprint density at radius 1 is 1.08 bits per heavy atom. The molecule has 0 fully saturated rings. The van der Waals surface area contributed by atoms with E-state index >= 15 is 0 Å². The third-order valence-corrected chi connectivity index (χ3v) is 4.53. The number of hydrogen-bond donors (Lipinski definition) is 1. The molecule has 2 aromatic rings. The Hall–Kier alpha value is -2.20. The van der Waals surface area contributed by atoms with Gasteiger partial charge in [-0.1, -0.05) is 23.7 Å². The molecule has 2 aromatic carbocycles. The Balaban J connectivity index is 1.55. The Kier molecular flexibility index (Phi) is 5.19. The number of hydrogen-bond acceptors (Lipinski definition) is 3. The number of nitrogens with zero attached hydrogens (tertiary/aromatic N) is 1. The van der Waals surface area contributed by atoms with Crippen molar-refractivity contribution in [3.63, 3.8) is 0 Å². The summed E-state index contributed by atoms with van der Waals surface area (Å²) in [5.41, 5.74) is 1.36. The van der Waals surface area contributed by atoms with Gasteiger partial charge in [-0.15, -0.1) is 0 Å². The summed E-state index contributed by atoms with van der Waals surface area (Å²) in [6, 6.07) is 15.3. The van der Waals surface area contributed by atoms with Crippen molar-refractivity contribution in [2.45, 2.75) is 32.2 Å². The van der Waals surface area contributed by atoms with E-state index in [1.165, 1.54) is 0 Å². The average Bonchev–Trinajstić information content (AvgIpc) is 2.59. The molecule has 4 nitrogen and oxygen atoms in total. The summed E-state index contributed by atoms with van der Waals surface area (Å²) in [5, 5.41) is 4.02. The van der Waals surface area contributed by atoms with Crippen LogP contribution in [0.4, 0.5) is 11.4 Å². The maximum atomic E-state index is 12.7. The van der Waals surface area contributed by atoms with Crippen molar-refractivity contribution in [2.75, 3.05) is 23.4 Å². The van der Waals surface area contributed by atoms with Gasteiger partial charge in [0.1, 0.15) is 11.3 Å². The molecule has 0 aliphatic carbocycles. The molecule has 0 saturated carbocycles. The van der Waals surface area contributed by atoms with Gasteiger partial charge in [0.2, 0.25) is 0 Å². The maximum Gasteiger partial charge on any atom is 0.252 e. The zero-order valence-electron chi connectivity index (χ0n) is 14.6. The number of nitrogens with one attached hydrogen (secondary N) is 1. The summed E-state index contributed by atoms with van der Waals surface area (Å²) in [5.74, 6) is 0.916. The topological polar surface area (TPSA) is 41.6 Å². The molecule has 132 valence electrons. The quantitative estimate of drug-likeness (QED) is 0.758. The van der Waals surface area contributed by atoms with Crippen molar-refractivity contribution in [2.24, 2.45) is 0 Å². The van der Waals surface area contributed by atoms with E-state index in [-0.39, 0.29) is 5.91 Å². The third kappa shape index (κ3) is 4.07. The van der Waals surface area contributed by atoms with Crippen LogP contribution in [0.15, 0.2) is 48.5 Å². The van der Waals surface area contributed by atoms with Crippen LogP contribution in [0.5, 0.6) is 5.75 Å². The predicted octanol–water partition coefficient (Wildman–Crippen LogP) is 4.74. The van der Waals surface area contributed by atoms with E-state index in [0.717, 1.165) is 30.0 Å². The molecule has 0 radical (unpaired) electrons. The van der Waals surface area contributed by atoms with Gasteiger partial charge in [0.15, 0.2) is 0 Å². The molecular weight excluding hydrogens is 336 g/mol. The molecule has 0 bridgehead atoms.